The SMILES string of the molecule is CC1(c2ccc(NC(=O)c3ncc(C#[NH+])[nH]3)c(C3=CCCCC3)c2)OCCO1. The molecule has 1 saturated heterocycles. The van der Waals surface area contributed by atoms with E-state index < -0.39 is 5.79 Å². The first kappa shape index (κ1) is 18.4. The van der Waals surface area contributed by atoms with Gasteiger partial charge in [0.15, 0.2) is 17.3 Å². The molecule has 1 aromatic heterocycles. The van der Waals surface area contributed by atoms with Gasteiger partial charge in [-0.25, -0.2) is 4.98 Å². The van der Waals surface area contributed by atoms with Gasteiger partial charge in [0, 0.05) is 16.8 Å². The highest BCUT2D eigenvalue weighted by molar-refractivity contribution is 6.03. The molecule has 1 aliphatic heterocycles. The van der Waals surface area contributed by atoms with Crippen LogP contribution in [0.1, 0.15) is 60.0 Å². The molecule has 0 radical (unpaired) electrons. The summed E-state index contributed by atoms with van der Waals surface area (Å²) in [5, 5.41) is 10.1. The topological polar surface area (TPSA) is 100 Å². The molecule has 0 saturated carbocycles. The number of ether oxygens (including phenoxy) is 2. The van der Waals surface area contributed by atoms with Crippen LogP contribution in [0.25, 0.3) is 5.57 Å². The molecule has 1 aromatic carbocycles. The fourth-order valence-corrected chi connectivity index (χ4v) is 3.65. The second kappa shape index (κ2) is 7.58. The van der Waals surface area contributed by atoms with Crippen molar-refractivity contribution in [1.82, 2.24) is 9.97 Å². The normalized spacial score (nSPS) is 18.4. The molecule has 1 fully saturated rings. The van der Waals surface area contributed by atoms with Crippen LogP contribution in [0.5, 0.6) is 0 Å². The molecular weight excluding hydrogens is 356 g/mol. The number of hydrogen-bond acceptors (Lipinski definition) is 4. The van der Waals surface area contributed by atoms with Gasteiger partial charge in [-0.1, -0.05) is 17.4 Å². The molecule has 2 aromatic rings. The number of rotatable bonds is 4. The standard InChI is InChI=1S/C21H22N4O3/c1-21(27-9-10-28-21)15-7-8-18(17(11-15)14-5-3-2-4-6-14)25-20(26)19-23-13-16(12-22)24-19/h5,7-8,11,13H,2-4,6,9-10H2,1H3,(H,23,24)(H,25,26)/p+1. The van der Waals surface area contributed by atoms with Gasteiger partial charge in [0.05, 0.1) is 19.4 Å². The number of hydrogen-bond donors (Lipinski definition) is 3. The van der Waals surface area contributed by atoms with Gasteiger partial charge in [-0.15, -0.1) is 0 Å². The van der Waals surface area contributed by atoms with Crippen molar-refractivity contribution in [3.63, 3.8) is 0 Å². The van der Waals surface area contributed by atoms with Crippen LogP contribution in [0.15, 0.2) is 30.5 Å². The van der Waals surface area contributed by atoms with Gasteiger partial charge < -0.3 is 19.8 Å². The minimum absolute atomic E-state index is 0.150. The maximum absolute atomic E-state index is 12.6. The zero-order valence-electron chi connectivity index (χ0n) is 15.8. The Hall–Kier alpha value is -2.95. The highest BCUT2D eigenvalue weighted by Gasteiger charge is 2.34. The minimum Gasteiger partial charge on any atom is -0.344 e. The third kappa shape index (κ3) is 3.57. The summed E-state index contributed by atoms with van der Waals surface area (Å²) in [6.07, 6.45) is 7.97. The Kier molecular flexibility index (Phi) is 4.99. The van der Waals surface area contributed by atoms with Crippen LogP contribution in [0, 0.1) is 6.07 Å². The lowest BCUT2D eigenvalue weighted by Gasteiger charge is -2.25. The fourth-order valence-electron chi connectivity index (χ4n) is 3.65. The molecule has 0 spiro atoms. The Balaban J connectivity index is 1.68. The number of amides is 1. The Bertz CT molecular complexity index is 964. The molecular formula is C21H23N4O3+. The third-order valence-electron chi connectivity index (χ3n) is 5.19. The van der Waals surface area contributed by atoms with Crippen molar-refractivity contribution in [3.05, 3.63) is 53.1 Å². The lowest BCUT2D eigenvalue weighted by Crippen LogP contribution is -2.23. The molecule has 1 aliphatic carbocycles. The largest absolute Gasteiger partial charge is 0.344 e. The number of benzene rings is 1. The minimum atomic E-state index is -0.762. The number of aromatic nitrogens is 2. The first-order valence-electron chi connectivity index (χ1n) is 9.50. The molecule has 28 heavy (non-hydrogen) atoms. The lowest BCUT2D eigenvalue weighted by atomic mass is 9.90. The summed E-state index contributed by atoms with van der Waals surface area (Å²) in [5.74, 6) is -0.967. The van der Waals surface area contributed by atoms with Crippen molar-refractivity contribution >= 4 is 17.2 Å². The van der Waals surface area contributed by atoms with E-state index in [0.717, 1.165) is 36.1 Å². The number of allylic oxidation sites excluding steroid dienone is 2. The molecule has 0 bridgehead atoms. The number of imidazole rings is 1. The monoisotopic (exact) mass is 379 g/mol. The first-order chi connectivity index (χ1) is 13.6. The summed E-state index contributed by atoms with van der Waals surface area (Å²) in [4.78, 5) is 19.4. The number of H-pyrrole nitrogens is 1. The quantitative estimate of drug-likeness (QED) is 0.756. The van der Waals surface area contributed by atoms with Gasteiger partial charge in [-0.3, -0.25) is 4.79 Å². The van der Waals surface area contributed by atoms with E-state index in [2.05, 4.69) is 33.5 Å². The molecule has 2 heterocycles. The van der Waals surface area contributed by atoms with Crippen molar-refractivity contribution in [2.45, 2.75) is 38.4 Å². The Morgan fingerprint density at radius 1 is 1.32 bits per heavy atom. The molecule has 3 N–H and O–H groups in total. The van der Waals surface area contributed by atoms with Gasteiger partial charge in [-0.05, 0) is 50.3 Å². The van der Waals surface area contributed by atoms with Crippen LogP contribution >= 0.6 is 0 Å². The summed E-state index contributed by atoms with van der Waals surface area (Å²) in [6.45, 7) is 3.06. The molecule has 4 rings (SSSR count). The van der Waals surface area contributed by atoms with Crippen LogP contribution < -0.4 is 10.6 Å². The van der Waals surface area contributed by atoms with E-state index in [1.54, 1.807) is 0 Å². The predicted octanol–water partition coefficient (Wildman–Crippen LogP) is 1.96. The second-order valence-corrected chi connectivity index (χ2v) is 7.10. The number of nitrogens with zero attached hydrogens (tertiary/aromatic N) is 1. The van der Waals surface area contributed by atoms with E-state index in [4.69, 9.17) is 14.7 Å². The summed E-state index contributed by atoms with van der Waals surface area (Å²) in [5.41, 5.74) is 4.22. The lowest BCUT2D eigenvalue weighted by molar-refractivity contribution is -0.149. The zero-order valence-corrected chi connectivity index (χ0v) is 15.8. The Labute approximate surface area is 163 Å². The highest BCUT2D eigenvalue weighted by atomic mass is 16.7. The molecule has 7 heteroatoms. The van der Waals surface area contributed by atoms with E-state index in [1.165, 1.54) is 18.2 Å². The maximum Gasteiger partial charge on any atom is 0.328 e. The van der Waals surface area contributed by atoms with Crippen molar-refractivity contribution in [2.75, 3.05) is 18.5 Å². The van der Waals surface area contributed by atoms with Crippen LogP contribution in [0.4, 0.5) is 5.69 Å². The summed E-state index contributed by atoms with van der Waals surface area (Å²) in [6, 6.07) is 8.05. The fraction of sp³-hybridized carbons (Fsp3) is 0.381. The summed E-state index contributed by atoms with van der Waals surface area (Å²) in [7, 11) is 0. The van der Waals surface area contributed by atoms with E-state index >= 15 is 0 Å². The van der Waals surface area contributed by atoms with Gasteiger partial charge >= 0.3 is 6.07 Å². The molecule has 144 valence electrons. The number of carbonyl (C=O) groups excluding carboxylic acids is 1. The van der Waals surface area contributed by atoms with Crippen molar-refractivity contribution < 1.29 is 19.5 Å². The molecule has 0 unspecified atom stereocenters. The van der Waals surface area contributed by atoms with E-state index in [1.807, 2.05) is 19.1 Å². The van der Waals surface area contributed by atoms with E-state index in [-0.39, 0.29) is 11.7 Å². The Morgan fingerprint density at radius 2 is 2.14 bits per heavy atom. The van der Waals surface area contributed by atoms with E-state index in [9.17, 15) is 4.79 Å². The predicted molar refractivity (Wildman–Crippen MR) is 103 cm³/mol. The third-order valence-corrected chi connectivity index (χ3v) is 5.19. The van der Waals surface area contributed by atoms with Crippen LogP contribution in [-0.2, 0) is 15.3 Å². The van der Waals surface area contributed by atoms with Crippen molar-refractivity contribution in [2.24, 2.45) is 0 Å². The van der Waals surface area contributed by atoms with Gasteiger partial charge in [0.2, 0.25) is 0 Å². The Morgan fingerprint density at radius 3 is 2.82 bits per heavy atom. The van der Waals surface area contributed by atoms with E-state index in [0.29, 0.717) is 18.9 Å². The molecule has 1 amide bonds. The number of aromatic amines is 1. The first-order valence-corrected chi connectivity index (χ1v) is 9.50. The molecule has 0 atom stereocenters. The smallest absolute Gasteiger partial charge is 0.328 e. The highest BCUT2D eigenvalue weighted by Crippen LogP contribution is 2.37. The molecule has 2 aliphatic rings. The zero-order chi connectivity index (χ0) is 19.6. The van der Waals surface area contributed by atoms with Gasteiger partial charge in [0.1, 0.15) is 0 Å². The second-order valence-electron chi connectivity index (χ2n) is 7.10. The summed E-state index contributed by atoms with van der Waals surface area (Å²) < 4.78 is 11.6. The molecule has 7 nitrogen and oxygen atoms in total. The summed E-state index contributed by atoms with van der Waals surface area (Å²) >= 11 is 0. The van der Waals surface area contributed by atoms with Crippen molar-refractivity contribution in [3.8, 4) is 6.07 Å². The van der Waals surface area contributed by atoms with Crippen LogP contribution in [0.2, 0.25) is 0 Å². The van der Waals surface area contributed by atoms with Crippen LogP contribution in [-0.4, -0.2) is 29.1 Å². The average molecular weight is 379 g/mol. The van der Waals surface area contributed by atoms with Crippen molar-refractivity contribution in [1.29, 1.82) is 0 Å². The van der Waals surface area contributed by atoms with Gasteiger partial charge in [-0.2, -0.15) is 0 Å². The van der Waals surface area contributed by atoms with Gasteiger partial charge in [0.25, 0.3) is 5.91 Å². The average Bonchev–Trinajstić information content (AvgIpc) is 3.39. The maximum atomic E-state index is 12.6. The number of anilines is 1. The number of carbonyl (C=O) groups is 1. The van der Waals surface area contributed by atoms with Crippen LogP contribution in [0.3, 0.4) is 0 Å². The number of nitrogens with one attached hydrogen (secondary N) is 3.